The van der Waals surface area contributed by atoms with Crippen LogP contribution in [0.3, 0.4) is 0 Å². The van der Waals surface area contributed by atoms with Crippen LogP contribution < -0.4 is 4.90 Å². The minimum absolute atomic E-state index is 0.108. The summed E-state index contributed by atoms with van der Waals surface area (Å²) in [5, 5.41) is 4.66. The molecule has 0 bridgehead atoms. The van der Waals surface area contributed by atoms with Gasteiger partial charge in [0.2, 0.25) is 0 Å². The van der Waals surface area contributed by atoms with Gasteiger partial charge < -0.3 is 9.64 Å². The molecule has 0 radical (unpaired) electrons. The highest BCUT2D eigenvalue weighted by atomic mass is 32.1. The highest BCUT2D eigenvalue weighted by Crippen LogP contribution is 2.32. The van der Waals surface area contributed by atoms with Crippen LogP contribution in [0.5, 0.6) is 0 Å². The topological polar surface area (TPSA) is 59.5 Å². The van der Waals surface area contributed by atoms with E-state index in [1.54, 1.807) is 39.8 Å². The Morgan fingerprint density at radius 3 is 2.88 bits per heavy atom. The Bertz CT molecular complexity index is 947. The Labute approximate surface area is 152 Å². The molecule has 1 amide bonds. The number of hydrogen-bond donors (Lipinski definition) is 0. The first kappa shape index (κ1) is 16.0. The molecule has 1 aliphatic heterocycles. The van der Waals surface area contributed by atoms with Gasteiger partial charge in [-0.05, 0) is 41.6 Å². The van der Waals surface area contributed by atoms with Crippen LogP contribution in [0.15, 0.2) is 41.1 Å². The number of rotatable bonds is 3. The molecule has 0 aliphatic carbocycles. The number of nitrogens with zero attached hydrogens (tertiary/aromatic N) is 2. The number of ether oxygens (including phenoxy) is 1. The van der Waals surface area contributed by atoms with Crippen molar-refractivity contribution in [1.82, 2.24) is 4.98 Å². The fraction of sp³-hybridized carbons (Fsp3) is 0.167. The van der Waals surface area contributed by atoms with Gasteiger partial charge in [0.05, 0.1) is 17.6 Å². The van der Waals surface area contributed by atoms with E-state index < -0.39 is 0 Å². The summed E-state index contributed by atoms with van der Waals surface area (Å²) in [6.07, 6.45) is 0.716. The van der Waals surface area contributed by atoms with E-state index >= 15 is 0 Å². The van der Waals surface area contributed by atoms with Crippen molar-refractivity contribution >= 4 is 40.2 Å². The predicted octanol–water partition coefficient (Wildman–Crippen LogP) is 3.86. The van der Waals surface area contributed by atoms with Crippen LogP contribution in [-0.2, 0) is 11.2 Å². The minimum atomic E-state index is -0.368. The zero-order valence-electron chi connectivity index (χ0n) is 13.4. The quantitative estimate of drug-likeness (QED) is 0.657. The second kappa shape index (κ2) is 6.42. The Morgan fingerprint density at radius 1 is 1.24 bits per heavy atom. The van der Waals surface area contributed by atoms with Crippen LogP contribution in [0.1, 0.15) is 26.4 Å². The van der Waals surface area contributed by atoms with Crippen LogP contribution in [0, 0.1) is 0 Å². The lowest BCUT2D eigenvalue weighted by Crippen LogP contribution is -2.29. The zero-order valence-corrected chi connectivity index (χ0v) is 15.0. The number of benzene rings is 1. The predicted molar refractivity (Wildman–Crippen MR) is 98.6 cm³/mol. The largest absolute Gasteiger partial charge is 0.465 e. The third-order valence-electron chi connectivity index (χ3n) is 4.10. The molecule has 126 valence electrons. The van der Waals surface area contributed by atoms with Crippen LogP contribution in [0.4, 0.5) is 5.69 Å². The SMILES string of the molecule is COC(=O)c1ccc2c(c1)CCN2C(=O)c1csc(-c2cccs2)n1. The van der Waals surface area contributed by atoms with Gasteiger partial charge in [0, 0.05) is 17.6 Å². The molecule has 0 spiro atoms. The van der Waals surface area contributed by atoms with Crippen LogP contribution in [0.25, 0.3) is 9.88 Å². The number of aromatic nitrogens is 1. The highest BCUT2D eigenvalue weighted by Gasteiger charge is 2.28. The Kier molecular flexibility index (Phi) is 4.10. The van der Waals surface area contributed by atoms with Crippen molar-refractivity contribution in [2.45, 2.75) is 6.42 Å². The molecular weight excluding hydrogens is 356 g/mol. The fourth-order valence-electron chi connectivity index (χ4n) is 2.88. The first-order valence-electron chi connectivity index (χ1n) is 7.70. The molecule has 2 aromatic heterocycles. The number of fused-ring (bicyclic) bond motifs is 1. The molecule has 0 saturated heterocycles. The maximum absolute atomic E-state index is 12.8. The molecule has 3 aromatic rings. The van der Waals surface area contributed by atoms with Crippen LogP contribution in [0.2, 0.25) is 0 Å². The molecule has 1 aliphatic rings. The first-order chi connectivity index (χ1) is 12.2. The van der Waals surface area contributed by atoms with Crippen LogP contribution >= 0.6 is 22.7 Å². The number of carbonyl (C=O) groups is 2. The zero-order chi connectivity index (χ0) is 17.4. The number of anilines is 1. The molecule has 0 saturated carbocycles. The third kappa shape index (κ3) is 2.85. The number of methoxy groups -OCH3 is 1. The second-order valence-electron chi connectivity index (χ2n) is 5.56. The van der Waals surface area contributed by atoms with E-state index in [9.17, 15) is 9.59 Å². The minimum Gasteiger partial charge on any atom is -0.465 e. The van der Waals surface area contributed by atoms with E-state index in [-0.39, 0.29) is 11.9 Å². The monoisotopic (exact) mass is 370 g/mol. The average Bonchev–Trinajstić information content (AvgIpc) is 3.39. The number of hydrogen-bond acceptors (Lipinski definition) is 6. The molecule has 7 heteroatoms. The summed E-state index contributed by atoms with van der Waals surface area (Å²) in [5.74, 6) is -0.476. The van der Waals surface area contributed by atoms with Crippen molar-refractivity contribution in [1.29, 1.82) is 0 Å². The van der Waals surface area contributed by atoms with Gasteiger partial charge in [-0.2, -0.15) is 0 Å². The van der Waals surface area contributed by atoms with E-state index in [1.807, 2.05) is 17.5 Å². The molecule has 0 fully saturated rings. The first-order valence-corrected chi connectivity index (χ1v) is 9.46. The number of amides is 1. The van der Waals surface area contributed by atoms with Gasteiger partial charge in [0.15, 0.2) is 0 Å². The van der Waals surface area contributed by atoms with Gasteiger partial charge >= 0.3 is 5.97 Å². The average molecular weight is 370 g/mol. The van der Waals surface area contributed by atoms with Crippen molar-refractivity contribution in [3.63, 3.8) is 0 Å². The molecule has 5 nitrogen and oxygen atoms in total. The van der Waals surface area contributed by atoms with Gasteiger partial charge in [-0.3, -0.25) is 4.79 Å². The molecule has 25 heavy (non-hydrogen) atoms. The van der Waals surface area contributed by atoms with Crippen molar-refractivity contribution in [2.75, 3.05) is 18.6 Å². The van der Waals surface area contributed by atoms with E-state index in [2.05, 4.69) is 4.98 Å². The highest BCUT2D eigenvalue weighted by molar-refractivity contribution is 7.20. The summed E-state index contributed by atoms with van der Waals surface area (Å²) in [4.78, 5) is 31.8. The molecule has 1 aromatic carbocycles. The number of esters is 1. The smallest absolute Gasteiger partial charge is 0.337 e. The fourth-order valence-corrected chi connectivity index (χ4v) is 4.49. The van der Waals surface area contributed by atoms with Crippen molar-refractivity contribution in [3.8, 4) is 9.88 Å². The van der Waals surface area contributed by atoms with Crippen LogP contribution in [-0.4, -0.2) is 30.5 Å². The van der Waals surface area contributed by atoms with Gasteiger partial charge in [-0.25, -0.2) is 9.78 Å². The maximum atomic E-state index is 12.8. The maximum Gasteiger partial charge on any atom is 0.337 e. The Hall–Kier alpha value is -2.51. The molecule has 4 rings (SSSR count). The Morgan fingerprint density at radius 2 is 2.12 bits per heavy atom. The summed E-state index contributed by atoms with van der Waals surface area (Å²) < 4.78 is 4.75. The molecule has 0 unspecified atom stereocenters. The van der Waals surface area contributed by atoms with E-state index in [0.717, 1.165) is 21.1 Å². The van der Waals surface area contributed by atoms with E-state index in [1.165, 1.54) is 18.4 Å². The normalized spacial score (nSPS) is 12.9. The van der Waals surface area contributed by atoms with Crippen molar-refractivity contribution in [3.05, 3.63) is 57.9 Å². The molecule has 0 atom stereocenters. The number of thiazole rings is 1. The summed E-state index contributed by atoms with van der Waals surface area (Å²) in [6.45, 7) is 0.588. The lowest BCUT2D eigenvalue weighted by Gasteiger charge is -2.16. The number of carbonyl (C=O) groups excluding carboxylic acids is 2. The molecular formula is C18H14N2O3S2. The van der Waals surface area contributed by atoms with E-state index in [0.29, 0.717) is 24.2 Å². The lowest BCUT2D eigenvalue weighted by molar-refractivity contribution is 0.0600. The molecule has 0 N–H and O–H groups in total. The molecule has 3 heterocycles. The van der Waals surface area contributed by atoms with Gasteiger partial charge in [0.25, 0.3) is 5.91 Å². The van der Waals surface area contributed by atoms with E-state index in [4.69, 9.17) is 4.74 Å². The summed E-state index contributed by atoms with van der Waals surface area (Å²) in [7, 11) is 1.36. The number of thiophene rings is 1. The summed E-state index contributed by atoms with van der Waals surface area (Å²) in [5.41, 5.74) is 2.77. The second-order valence-corrected chi connectivity index (χ2v) is 7.36. The standard InChI is InChI=1S/C18H14N2O3S2/c1-23-18(22)12-4-5-14-11(9-12)6-7-20(14)17(21)13-10-25-16(19-13)15-3-2-8-24-15/h2-5,8-10H,6-7H2,1H3. The van der Waals surface area contributed by atoms with Gasteiger partial charge in [-0.15, -0.1) is 22.7 Å². The third-order valence-corrected chi connectivity index (χ3v) is 5.98. The van der Waals surface area contributed by atoms with Gasteiger partial charge in [0.1, 0.15) is 10.7 Å². The summed E-state index contributed by atoms with van der Waals surface area (Å²) in [6, 6.07) is 9.26. The Balaban J connectivity index is 1.60. The lowest BCUT2D eigenvalue weighted by atomic mass is 10.1. The van der Waals surface area contributed by atoms with Crippen molar-refractivity contribution < 1.29 is 14.3 Å². The summed E-state index contributed by atoms with van der Waals surface area (Å²) >= 11 is 3.08. The van der Waals surface area contributed by atoms with Crippen molar-refractivity contribution in [2.24, 2.45) is 0 Å². The van der Waals surface area contributed by atoms with Gasteiger partial charge in [-0.1, -0.05) is 6.07 Å².